The number of aromatic carboxylic acids is 1. The van der Waals surface area contributed by atoms with Crippen LogP contribution in [0, 0.1) is 0 Å². The lowest BCUT2D eigenvalue weighted by molar-refractivity contribution is -0.152. The number of alkyl halides is 3. The molecule has 1 rings (SSSR count). The summed E-state index contributed by atoms with van der Waals surface area (Å²) < 4.78 is 39.2. The van der Waals surface area contributed by atoms with E-state index < -0.39 is 18.1 Å². The van der Waals surface area contributed by atoms with Gasteiger partial charge in [-0.25, -0.2) is 4.79 Å². The highest BCUT2D eigenvalue weighted by atomic mass is 19.4. The molecule has 5 heteroatoms. The van der Waals surface area contributed by atoms with Crippen molar-refractivity contribution < 1.29 is 23.1 Å². The molecule has 0 radical (unpaired) electrons. The van der Waals surface area contributed by atoms with Crippen LogP contribution >= 0.6 is 0 Å². The first-order valence-electron chi connectivity index (χ1n) is 6.76. The molecule has 0 fully saturated rings. The van der Waals surface area contributed by atoms with Crippen molar-refractivity contribution in [2.45, 2.75) is 51.1 Å². The lowest BCUT2D eigenvalue weighted by Crippen LogP contribution is -2.21. The molecular formula is C15H19F3O2. The number of hydrogen-bond donors (Lipinski definition) is 1. The molecule has 0 aromatic heterocycles. The number of carboxylic acids is 1. The predicted octanol–water partition coefficient (Wildman–Crippen LogP) is 5.00. The Hall–Kier alpha value is -1.52. The van der Waals surface area contributed by atoms with Gasteiger partial charge in [-0.05, 0) is 24.1 Å². The first kappa shape index (κ1) is 16.5. The lowest BCUT2D eigenvalue weighted by atomic mass is 9.92. The molecule has 0 heterocycles. The zero-order chi connectivity index (χ0) is 15.2. The van der Waals surface area contributed by atoms with Crippen molar-refractivity contribution >= 4 is 5.97 Å². The molecule has 0 aliphatic rings. The van der Waals surface area contributed by atoms with Crippen molar-refractivity contribution in [3.63, 3.8) is 0 Å². The Labute approximate surface area is 116 Å². The van der Waals surface area contributed by atoms with Crippen LogP contribution in [0.4, 0.5) is 13.2 Å². The highest BCUT2D eigenvalue weighted by molar-refractivity contribution is 5.87. The Morgan fingerprint density at radius 2 is 1.75 bits per heavy atom. The number of carboxylic acid groups (broad SMARTS) is 1. The number of unbranched alkanes of at least 4 members (excludes halogenated alkanes) is 3. The Bertz CT molecular complexity index is 424. The lowest BCUT2D eigenvalue weighted by Gasteiger charge is -2.20. The molecule has 1 aromatic carbocycles. The van der Waals surface area contributed by atoms with E-state index in [2.05, 4.69) is 0 Å². The van der Waals surface area contributed by atoms with E-state index >= 15 is 0 Å². The maximum absolute atomic E-state index is 13.1. The fourth-order valence-corrected chi connectivity index (χ4v) is 2.15. The molecule has 0 aliphatic heterocycles. The third-order valence-electron chi connectivity index (χ3n) is 3.30. The molecule has 0 bridgehead atoms. The van der Waals surface area contributed by atoms with Gasteiger partial charge in [0.15, 0.2) is 0 Å². The van der Waals surface area contributed by atoms with Crippen molar-refractivity contribution in [1.29, 1.82) is 0 Å². The smallest absolute Gasteiger partial charge is 0.395 e. The fraction of sp³-hybridized carbons (Fsp3) is 0.533. The van der Waals surface area contributed by atoms with Gasteiger partial charge in [0.2, 0.25) is 0 Å². The maximum atomic E-state index is 13.1. The van der Waals surface area contributed by atoms with E-state index in [0.29, 0.717) is 6.42 Å². The predicted molar refractivity (Wildman–Crippen MR) is 71.0 cm³/mol. The SMILES string of the molecule is CCCCCCC(c1ccc(C(=O)O)cc1)C(F)(F)F. The number of benzene rings is 1. The monoisotopic (exact) mass is 288 g/mol. The van der Waals surface area contributed by atoms with Crippen LogP contribution in [-0.2, 0) is 0 Å². The van der Waals surface area contributed by atoms with E-state index in [-0.39, 0.29) is 17.5 Å². The van der Waals surface area contributed by atoms with Gasteiger partial charge < -0.3 is 5.11 Å². The van der Waals surface area contributed by atoms with Crippen molar-refractivity contribution in [1.82, 2.24) is 0 Å². The van der Waals surface area contributed by atoms with Crippen molar-refractivity contribution in [2.75, 3.05) is 0 Å². The molecule has 1 unspecified atom stereocenters. The van der Waals surface area contributed by atoms with E-state index in [1.54, 1.807) is 0 Å². The summed E-state index contributed by atoms with van der Waals surface area (Å²) >= 11 is 0. The fourth-order valence-electron chi connectivity index (χ4n) is 2.15. The minimum atomic E-state index is -4.29. The van der Waals surface area contributed by atoms with Crippen LogP contribution < -0.4 is 0 Å². The van der Waals surface area contributed by atoms with E-state index in [1.807, 2.05) is 6.92 Å². The molecule has 2 nitrogen and oxygen atoms in total. The molecule has 20 heavy (non-hydrogen) atoms. The average Bonchev–Trinajstić information content (AvgIpc) is 2.37. The first-order valence-corrected chi connectivity index (χ1v) is 6.76. The van der Waals surface area contributed by atoms with Crippen LogP contribution in [0.2, 0.25) is 0 Å². The van der Waals surface area contributed by atoms with E-state index in [0.717, 1.165) is 19.3 Å². The Balaban J connectivity index is 2.80. The van der Waals surface area contributed by atoms with Crippen LogP contribution in [0.25, 0.3) is 0 Å². The number of rotatable bonds is 7. The summed E-state index contributed by atoms with van der Waals surface area (Å²) in [6.45, 7) is 2.01. The zero-order valence-electron chi connectivity index (χ0n) is 11.4. The van der Waals surface area contributed by atoms with Crippen molar-refractivity contribution in [2.24, 2.45) is 0 Å². The van der Waals surface area contributed by atoms with Crippen molar-refractivity contribution in [3.05, 3.63) is 35.4 Å². The molecule has 112 valence electrons. The van der Waals surface area contributed by atoms with Crippen LogP contribution in [-0.4, -0.2) is 17.3 Å². The van der Waals surface area contributed by atoms with E-state index in [1.165, 1.54) is 24.3 Å². The van der Waals surface area contributed by atoms with Gasteiger partial charge in [0, 0.05) is 0 Å². The van der Waals surface area contributed by atoms with Crippen LogP contribution in [0.3, 0.4) is 0 Å². The molecular weight excluding hydrogens is 269 g/mol. The molecule has 1 N–H and O–H groups in total. The Kier molecular flexibility index (Phi) is 6.05. The quantitative estimate of drug-likeness (QED) is 0.717. The summed E-state index contributed by atoms with van der Waals surface area (Å²) in [6, 6.07) is 4.98. The van der Waals surface area contributed by atoms with Crippen LogP contribution in [0.1, 0.15) is 60.9 Å². The van der Waals surface area contributed by atoms with Gasteiger partial charge in [-0.15, -0.1) is 0 Å². The maximum Gasteiger partial charge on any atom is 0.395 e. The summed E-state index contributed by atoms with van der Waals surface area (Å²) in [5, 5.41) is 8.75. The minimum Gasteiger partial charge on any atom is -0.478 e. The molecule has 0 aliphatic carbocycles. The molecule has 0 spiro atoms. The Morgan fingerprint density at radius 1 is 1.15 bits per heavy atom. The molecule has 1 aromatic rings. The van der Waals surface area contributed by atoms with Crippen LogP contribution in [0.5, 0.6) is 0 Å². The van der Waals surface area contributed by atoms with Crippen LogP contribution in [0.15, 0.2) is 24.3 Å². The van der Waals surface area contributed by atoms with Gasteiger partial charge in [0.25, 0.3) is 0 Å². The molecule has 1 atom stereocenters. The number of hydrogen-bond acceptors (Lipinski definition) is 1. The summed E-state index contributed by atoms with van der Waals surface area (Å²) in [5.74, 6) is -2.65. The summed E-state index contributed by atoms with van der Waals surface area (Å²) in [6.07, 6.45) is -1.02. The van der Waals surface area contributed by atoms with Gasteiger partial charge in [-0.3, -0.25) is 0 Å². The summed E-state index contributed by atoms with van der Waals surface area (Å²) in [5.41, 5.74) is 0.139. The second-order valence-electron chi connectivity index (χ2n) is 4.87. The normalized spacial score (nSPS) is 13.2. The average molecular weight is 288 g/mol. The third-order valence-corrected chi connectivity index (χ3v) is 3.30. The molecule has 0 saturated heterocycles. The van der Waals surface area contributed by atoms with Gasteiger partial charge in [0.1, 0.15) is 0 Å². The minimum absolute atomic E-state index is 0.000609. The van der Waals surface area contributed by atoms with Gasteiger partial charge >= 0.3 is 12.1 Å². The number of carbonyl (C=O) groups is 1. The van der Waals surface area contributed by atoms with E-state index in [4.69, 9.17) is 5.11 Å². The van der Waals surface area contributed by atoms with Crippen molar-refractivity contribution in [3.8, 4) is 0 Å². The molecule has 0 saturated carbocycles. The topological polar surface area (TPSA) is 37.3 Å². The summed E-state index contributed by atoms with van der Waals surface area (Å²) in [4.78, 5) is 10.7. The number of halogens is 3. The van der Waals surface area contributed by atoms with Gasteiger partial charge in [0.05, 0.1) is 11.5 Å². The first-order chi connectivity index (χ1) is 9.36. The highest BCUT2D eigenvalue weighted by Crippen LogP contribution is 2.38. The van der Waals surface area contributed by atoms with Gasteiger partial charge in [-0.1, -0.05) is 44.7 Å². The summed E-state index contributed by atoms with van der Waals surface area (Å²) in [7, 11) is 0. The Morgan fingerprint density at radius 3 is 2.20 bits per heavy atom. The third kappa shape index (κ3) is 4.87. The second-order valence-corrected chi connectivity index (χ2v) is 4.87. The standard InChI is InChI=1S/C15H19F3O2/c1-2-3-4-5-6-13(15(16,17)18)11-7-9-12(10-8-11)14(19)20/h7-10,13H,2-6H2,1H3,(H,19,20). The van der Waals surface area contributed by atoms with Gasteiger partial charge in [-0.2, -0.15) is 13.2 Å². The molecule has 0 amide bonds. The van der Waals surface area contributed by atoms with E-state index in [9.17, 15) is 18.0 Å². The zero-order valence-corrected chi connectivity index (χ0v) is 11.4. The highest BCUT2D eigenvalue weighted by Gasteiger charge is 2.39. The second kappa shape index (κ2) is 7.31. The largest absolute Gasteiger partial charge is 0.478 e.